The highest BCUT2D eigenvalue weighted by atomic mass is 15.3. The molecule has 23 heavy (non-hydrogen) atoms. The molecule has 0 fully saturated rings. The highest BCUT2D eigenvalue weighted by molar-refractivity contribution is 5.64. The number of nitrogens with zero attached hydrogens (tertiary/aromatic N) is 3. The largest absolute Gasteiger partial charge is 0.318 e. The van der Waals surface area contributed by atoms with Gasteiger partial charge >= 0.3 is 0 Å². The van der Waals surface area contributed by atoms with Crippen LogP contribution in [0.4, 0.5) is 0 Å². The van der Waals surface area contributed by atoms with E-state index in [0.29, 0.717) is 5.92 Å². The summed E-state index contributed by atoms with van der Waals surface area (Å²) in [5.74, 6) is 0.670. The van der Waals surface area contributed by atoms with Gasteiger partial charge in [-0.3, -0.25) is 4.68 Å². The van der Waals surface area contributed by atoms with Gasteiger partial charge in [0.05, 0.1) is 11.9 Å². The van der Waals surface area contributed by atoms with Crippen molar-refractivity contribution in [3.05, 3.63) is 41.6 Å². The van der Waals surface area contributed by atoms with E-state index in [9.17, 15) is 0 Å². The van der Waals surface area contributed by atoms with E-state index in [1.54, 1.807) is 0 Å². The molecule has 2 rings (SSSR count). The third-order valence-electron chi connectivity index (χ3n) is 4.04. The molecule has 0 amide bonds. The Balaban J connectivity index is 2.24. The first-order valence-electron chi connectivity index (χ1n) is 8.44. The Bertz CT molecular complexity index is 616. The molecule has 0 unspecified atom stereocenters. The summed E-state index contributed by atoms with van der Waals surface area (Å²) in [6, 6.07) is 8.89. The van der Waals surface area contributed by atoms with Crippen molar-refractivity contribution in [1.29, 1.82) is 0 Å². The number of hydrogen-bond donors (Lipinski definition) is 1. The van der Waals surface area contributed by atoms with E-state index < -0.39 is 0 Å². The first kappa shape index (κ1) is 17.7. The quantitative estimate of drug-likeness (QED) is 0.813. The molecule has 4 heteroatoms. The van der Waals surface area contributed by atoms with Crippen molar-refractivity contribution in [2.75, 3.05) is 27.2 Å². The second kappa shape index (κ2) is 8.27. The molecule has 0 saturated carbocycles. The van der Waals surface area contributed by atoms with Crippen LogP contribution >= 0.6 is 0 Å². The van der Waals surface area contributed by atoms with Crippen molar-refractivity contribution in [3.8, 4) is 11.3 Å². The average molecular weight is 314 g/mol. The van der Waals surface area contributed by atoms with Crippen LogP contribution in [0, 0.1) is 5.92 Å². The van der Waals surface area contributed by atoms with Crippen LogP contribution in [0.15, 0.2) is 30.5 Å². The van der Waals surface area contributed by atoms with Crippen molar-refractivity contribution in [2.24, 2.45) is 13.0 Å². The van der Waals surface area contributed by atoms with E-state index in [2.05, 4.69) is 60.5 Å². The minimum atomic E-state index is 0.670. The Kier molecular flexibility index (Phi) is 6.37. The lowest BCUT2D eigenvalue weighted by atomic mass is 9.99. The molecule has 0 bridgehead atoms. The molecule has 0 saturated heterocycles. The molecular weight excluding hydrogens is 284 g/mol. The smallest absolute Gasteiger partial charge is 0.0724 e. The lowest BCUT2D eigenvalue weighted by molar-refractivity contribution is 0.328. The molecule has 1 N–H and O–H groups in total. The third kappa shape index (κ3) is 4.91. The second-order valence-electron chi connectivity index (χ2n) is 6.78. The molecular formula is C19H30N4. The molecule has 0 spiro atoms. The zero-order chi connectivity index (χ0) is 16.8. The zero-order valence-electron chi connectivity index (χ0n) is 15.1. The Labute approximate surface area is 140 Å². The van der Waals surface area contributed by atoms with Gasteiger partial charge in [-0.1, -0.05) is 32.0 Å². The number of nitrogens with one attached hydrogen (secondary N) is 1. The molecule has 0 atom stereocenters. The number of hydrogen-bond acceptors (Lipinski definition) is 3. The van der Waals surface area contributed by atoms with Gasteiger partial charge in [-0.25, -0.2) is 0 Å². The van der Waals surface area contributed by atoms with Crippen LogP contribution in [-0.2, 0) is 20.0 Å². The number of benzene rings is 1. The van der Waals surface area contributed by atoms with Crippen molar-refractivity contribution < 1.29 is 0 Å². The minimum absolute atomic E-state index is 0.670. The van der Waals surface area contributed by atoms with E-state index in [1.165, 1.54) is 22.4 Å². The molecule has 4 nitrogen and oxygen atoms in total. The van der Waals surface area contributed by atoms with Crippen molar-refractivity contribution in [1.82, 2.24) is 20.0 Å². The molecule has 2 aromatic rings. The van der Waals surface area contributed by atoms with Gasteiger partial charge in [0.1, 0.15) is 0 Å². The average Bonchev–Trinajstić information content (AvgIpc) is 2.85. The molecule has 1 heterocycles. The maximum Gasteiger partial charge on any atom is 0.0724 e. The Morgan fingerprint density at radius 3 is 2.78 bits per heavy atom. The van der Waals surface area contributed by atoms with Crippen LogP contribution in [0.25, 0.3) is 11.3 Å². The molecule has 1 aromatic heterocycles. The first-order valence-corrected chi connectivity index (χ1v) is 8.44. The highest BCUT2D eigenvalue weighted by Gasteiger charge is 2.13. The first-order chi connectivity index (χ1) is 11.0. The zero-order valence-corrected chi connectivity index (χ0v) is 15.1. The molecule has 1 aromatic carbocycles. The van der Waals surface area contributed by atoms with Crippen molar-refractivity contribution in [2.45, 2.75) is 26.8 Å². The van der Waals surface area contributed by atoms with Crippen molar-refractivity contribution in [3.63, 3.8) is 0 Å². The predicted molar refractivity (Wildman–Crippen MR) is 97.4 cm³/mol. The van der Waals surface area contributed by atoms with E-state index in [4.69, 9.17) is 0 Å². The third-order valence-corrected chi connectivity index (χ3v) is 4.04. The summed E-state index contributed by atoms with van der Waals surface area (Å²) < 4.78 is 2.00. The fourth-order valence-electron chi connectivity index (χ4n) is 2.96. The number of likely N-dealkylation sites (N-methyl/N-ethyl adjacent to an activating group) is 2. The summed E-state index contributed by atoms with van der Waals surface area (Å²) in [6.45, 7) is 7.46. The number of aromatic nitrogens is 2. The summed E-state index contributed by atoms with van der Waals surface area (Å²) in [5, 5.41) is 7.69. The standard InChI is InChI=1S/C19H30N4/c1-15(2)11-16-7-6-8-17(12-16)19-18(13-21-23(19)5)14-22(4)10-9-20-3/h6-8,12-13,15,20H,9-11,14H2,1-5H3. The Morgan fingerprint density at radius 2 is 2.09 bits per heavy atom. The van der Waals surface area contributed by atoms with Gasteiger partial charge < -0.3 is 10.2 Å². The number of aryl methyl sites for hydroxylation is 1. The van der Waals surface area contributed by atoms with Crippen LogP contribution in [0.2, 0.25) is 0 Å². The molecule has 126 valence electrons. The summed E-state index contributed by atoms with van der Waals surface area (Å²) in [4.78, 5) is 2.33. The fraction of sp³-hybridized carbons (Fsp3) is 0.526. The van der Waals surface area contributed by atoms with E-state index >= 15 is 0 Å². The van der Waals surface area contributed by atoms with Gasteiger partial charge in [0.15, 0.2) is 0 Å². The fourth-order valence-corrected chi connectivity index (χ4v) is 2.96. The second-order valence-corrected chi connectivity index (χ2v) is 6.78. The van der Waals surface area contributed by atoms with Gasteiger partial charge in [0.25, 0.3) is 0 Å². The van der Waals surface area contributed by atoms with Crippen LogP contribution in [0.5, 0.6) is 0 Å². The normalized spacial score (nSPS) is 11.6. The summed E-state index contributed by atoms with van der Waals surface area (Å²) in [6.07, 6.45) is 3.11. The SMILES string of the molecule is CNCCN(C)Cc1cnn(C)c1-c1cccc(CC(C)C)c1. The summed E-state index contributed by atoms with van der Waals surface area (Å²) in [7, 11) is 6.18. The van der Waals surface area contributed by atoms with Gasteiger partial charge in [0.2, 0.25) is 0 Å². The van der Waals surface area contributed by atoms with Crippen LogP contribution in [-0.4, -0.2) is 41.9 Å². The van der Waals surface area contributed by atoms with Crippen LogP contribution < -0.4 is 5.32 Å². The maximum atomic E-state index is 4.49. The minimum Gasteiger partial charge on any atom is -0.318 e. The number of rotatable bonds is 8. The summed E-state index contributed by atoms with van der Waals surface area (Å²) in [5.41, 5.74) is 5.17. The van der Waals surface area contributed by atoms with Gasteiger partial charge in [-0.15, -0.1) is 0 Å². The predicted octanol–water partition coefficient (Wildman–Crippen LogP) is 2.94. The van der Waals surface area contributed by atoms with E-state index in [1.807, 2.05) is 25.0 Å². The lowest BCUT2D eigenvalue weighted by Gasteiger charge is -2.17. The molecule has 0 aliphatic rings. The Hall–Kier alpha value is -1.65. The van der Waals surface area contributed by atoms with Gasteiger partial charge in [0, 0.05) is 37.8 Å². The lowest BCUT2D eigenvalue weighted by Crippen LogP contribution is -2.27. The highest BCUT2D eigenvalue weighted by Crippen LogP contribution is 2.25. The van der Waals surface area contributed by atoms with E-state index in [-0.39, 0.29) is 0 Å². The maximum absolute atomic E-state index is 4.49. The molecule has 0 aliphatic carbocycles. The van der Waals surface area contributed by atoms with Gasteiger partial charge in [-0.2, -0.15) is 5.10 Å². The summed E-state index contributed by atoms with van der Waals surface area (Å²) >= 11 is 0. The van der Waals surface area contributed by atoms with Gasteiger partial charge in [-0.05, 0) is 38.1 Å². The topological polar surface area (TPSA) is 33.1 Å². The Morgan fingerprint density at radius 1 is 1.30 bits per heavy atom. The monoisotopic (exact) mass is 314 g/mol. The van der Waals surface area contributed by atoms with Crippen molar-refractivity contribution >= 4 is 0 Å². The van der Waals surface area contributed by atoms with E-state index in [0.717, 1.165) is 26.1 Å². The van der Waals surface area contributed by atoms with Crippen LogP contribution in [0.3, 0.4) is 0 Å². The van der Waals surface area contributed by atoms with Crippen LogP contribution in [0.1, 0.15) is 25.0 Å². The molecule has 0 radical (unpaired) electrons. The molecule has 0 aliphatic heterocycles.